The van der Waals surface area contributed by atoms with E-state index in [0.717, 1.165) is 18.4 Å². The predicted molar refractivity (Wildman–Crippen MR) is 113 cm³/mol. The Morgan fingerprint density at radius 2 is 1.87 bits per heavy atom. The summed E-state index contributed by atoms with van der Waals surface area (Å²) in [4.78, 5) is 12.4. The lowest BCUT2D eigenvalue weighted by Gasteiger charge is -2.24. The fourth-order valence-electron chi connectivity index (χ4n) is 2.65. The fraction of sp³-hybridized carbons (Fsp3) is 0.350. The zero-order valence-electron chi connectivity index (χ0n) is 17.0. The summed E-state index contributed by atoms with van der Waals surface area (Å²) in [5, 5.41) is 2.32. The van der Waals surface area contributed by atoms with E-state index in [2.05, 4.69) is 5.32 Å². The van der Waals surface area contributed by atoms with Crippen molar-refractivity contribution in [1.82, 2.24) is 5.32 Å². The van der Waals surface area contributed by atoms with Gasteiger partial charge in [0.15, 0.2) is 0 Å². The third-order valence-electron chi connectivity index (χ3n) is 3.99. The van der Waals surface area contributed by atoms with Crippen molar-refractivity contribution in [3.63, 3.8) is 0 Å². The minimum Gasteiger partial charge on any atom is -0.491 e. The van der Waals surface area contributed by atoms with Crippen molar-refractivity contribution >= 4 is 33.2 Å². The molecule has 0 aliphatic carbocycles. The number of nitrogens with one attached hydrogen (secondary N) is 1. The summed E-state index contributed by atoms with van der Waals surface area (Å²) < 4.78 is 69.6. The van der Waals surface area contributed by atoms with Gasteiger partial charge in [-0.2, -0.15) is 13.2 Å². The highest BCUT2D eigenvalue weighted by atomic mass is 35.5. The van der Waals surface area contributed by atoms with Crippen molar-refractivity contribution < 1.29 is 31.1 Å². The van der Waals surface area contributed by atoms with Gasteiger partial charge in [0.25, 0.3) is 0 Å². The summed E-state index contributed by atoms with van der Waals surface area (Å²) in [7, 11) is -4.10. The Labute approximate surface area is 184 Å². The second-order valence-corrected chi connectivity index (χ2v) is 9.34. The molecular formula is C20H22ClF3N2O4S. The van der Waals surface area contributed by atoms with Gasteiger partial charge in [-0.15, -0.1) is 0 Å². The number of anilines is 1. The number of sulfonamides is 1. The number of amides is 1. The van der Waals surface area contributed by atoms with Gasteiger partial charge in [-0.25, -0.2) is 8.42 Å². The Balaban J connectivity index is 2.19. The Morgan fingerprint density at radius 3 is 2.45 bits per heavy atom. The number of nitrogens with zero attached hydrogens (tertiary/aromatic N) is 1. The van der Waals surface area contributed by atoms with Crippen LogP contribution in [0.2, 0.25) is 5.02 Å². The lowest BCUT2D eigenvalue weighted by atomic mass is 10.2. The van der Waals surface area contributed by atoms with Crippen molar-refractivity contribution in [2.75, 3.05) is 17.1 Å². The maximum atomic E-state index is 13.0. The highest BCUT2D eigenvalue weighted by molar-refractivity contribution is 7.92. The molecule has 31 heavy (non-hydrogen) atoms. The van der Waals surface area contributed by atoms with E-state index in [4.69, 9.17) is 16.3 Å². The molecule has 0 radical (unpaired) electrons. The minimum atomic E-state index is -4.70. The first-order valence-electron chi connectivity index (χ1n) is 9.14. The third-order valence-corrected chi connectivity index (χ3v) is 5.44. The van der Waals surface area contributed by atoms with Gasteiger partial charge in [-0.3, -0.25) is 9.10 Å². The molecule has 1 amide bonds. The van der Waals surface area contributed by atoms with Crippen LogP contribution in [-0.2, 0) is 27.5 Å². The van der Waals surface area contributed by atoms with E-state index in [9.17, 15) is 26.4 Å². The molecule has 0 aromatic heterocycles. The van der Waals surface area contributed by atoms with Crippen molar-refractivity contribution in [2.45, 2.75) is 32.7 Å². The number of ether oxygens (including phenoxy) is 1. The largest absolute Gasteiger partial charge is 0.491 e. The van der Waals surface area contributed by atoms with Crippen LogP contribution < -0.4 is 14.4 Å². The van der Waals surface area contributed by atoms with Gasteiger partial charge >= 0.3 is 6.18 Å². The van der Waals surface area contributed by atoms with Crippen LogP contribution in [0.3, 0.4) is 0 Å². The average molecular weight is 479 g/mol. The van der Waals surface area contributed by atoms with Crippen LogP contribution in [0, 0.1) is 0 Å². The lowest BCUT2D eigenvalue weighted by molar-refractivity contribution is -0.137. The van der Waals surface area contributed by atoms with Crippen molar-refractivity contribution in [2.24, 2.45) is 0 Å². The zero-order valence-corrected chi connectivity index (χ0v) is 18.6. The van der Waals surface area contributed by atoms with E-state index in [1.165, 1.54) is 0 Å². The van der Waals surface area contributed by atoms with Gasteiger partial charge in [0.05, 0.1) is 28.6 Å². The maximum absolute atomic E-state index is 13.0. The number of carbonyl (C=O) groups is 1. The standard InChI is InChI=1S/C20H22ClF3N2O4S/c1-13(2)30-16-6-4-5-14(9-16)11-25-19(27)12-26(31(3,28)29)18-10-15(20(22,23)24)7-8-17(18)21/h4-10,13H,11-12H2,1-3H3,(H,25,27). The smallest absolute Gasteiger partial charge is 0.416 e. The molecule has 0 heterocycles. The third kappa shape index (κ3) is 7.32. The lowest BCUT2D eigenvalue weighted by Crippen LogP contribution is -2.40. The van der Waals surface area contributed by atoms with Gasteiger partial charge < -0.3 is 10.1 Å². The summed E-state index contributed by atoms with van der Waals surface area (Å²) in [6, 6.07) is 9.23. The SMILES string of the molecule is CC(C)Oc1cccc(CNC(=O)CN(c2cc(C(F)(F)F)ccc2Cl)S(C)(=O)=O)c1. The first kappa shape index (κ1) is 24.8. The second-order valence-electron chi connectivity index (χ2n) is 7.02. The van der Waals surface area contributed by atoms with Crippen LogP contribution >= 0.6 is 11.6 Å². The van der Waals surface area contributed by atoms with E-state index in [0.29, 0.717) is 21.7 Å². The van der Waals surface area contributed by atoms with Gasteiger partial charge in [0, 0.05) is 6.54 Å². The summed E-state index contributed by atoms with van der Waals surface area (Å²) >= 11 is 5.94. The quantitative estimate of drug-likeness (QED) is 0.616. The fourth-order valence-corrected chi connectivity index (χ4v) is 3.78. The van der Waals surface area contributed by atoms with E-state index < -0.39 is 39.9 Å². The van der Waals surface area contributed by atoms with E-state index >= 15 is 0 Å². The van der Waals surface area contributed by atoms with Gasteiger partial charge in [-0.05, 0) is 49.7 Å². The highest BCUT2D eigenvalue weighted by Gasteiger charge is 2.33. The minimum absolute atomic E-state index is 0.0367. The highest BCUT2D eigenvalue weighted by Crippen LogP contribution is 2.36. The molecular weight excluding hydrogens is 457 g/mol. The predicted octanol–water partition coefficient (Wildman–Crippen LogP) is 4.23. The normalized spacial score (nSPS) is 12.0. The Bertz CT molecular complexity index is 1040. The molecule has 170 valence electrons. The molecule has 0 saturated heterocycles. The van der Waals surface area contributed by atoms with Crippen molar-refractivity contribution in [1.29, 1.82) is 0 Å². The molecule has 0 aliphatic heterocycles. The van der Waals surface area contributed by atoms with Gasteiger partial charge in [0.2, 0.25) is 15.9 Å². The van der Waals surface area contributed by atoms with Crippen molar-refractivity contribution in [3.05, 3.63) is 58.6 Å². The number of rotatable bonds is 8. The molecule has 1 N–H and O–H groups in total. The number of hydrogen-bond donors (Lipinski definition) is 1. The molecule has 2 rings (SSSR count). The molecule has 0 unspecified atom stereocenters. The molecule has 2 aromatic rings. The number of carbonyl (C=O) groups excluding carboxylic acids is 1. The van der Waals surface area contributed by atoms with E-state index in [1.807, 2.05) is 13.8 Å². The molecule has 0 bridgehead atoms. The van der Waals surface area contributed by atoms with Gasteiger partial charge in [0.1, 0.15) is 12.3 Å². The van der Waals surface area contributed by atoms with Crippen LogP contribution in [-0.4, -0.2) is 33.2 Å². The molecule has 11 heteroatoms. The second kappa shape index (κ2) is 9.78. The van der Waals surface area contributed by atoms with Crippen LogP contribution in [0.4, 0.5) is 18.9 Å². The Kier molecular flexibility index (Phi) is 7.82. The molecule has 6 nitrogen and oxygen atoms in total. The Morgan fingerprint density at radius 1 is 1.19 bits per heavy atom. The molecule has 0 aliphatic rings. The number of benzene rings is 2. The summed E-state index contributed by atoms with van der Waals surface area (Å²) in [5.41, 5.74) is -0.807. The van der Waals surface area contributed by atoms with Crippen LogP contribution in [0.5, 0.6) is 5.75 Å². The monoisotopic (exact) mass is 478 g/mol. The molecule has 0 atom stereocenters. The number of halogens is 4. The molecule has 0 fully saturated rings. The van der Waals surface area contributed by atoms with Crippen LogP contribution in [0.1, 0.15) is 25.0 Å². The van der Waals surface area contributed by atoms with E-state index in [-0.39, 0.29) is 17.7 Å². The van der Waals surface area contributed by atoms with Gasteiger partial charge in [-0.1, -0.05) is 23.7 Å². The summed E-state index contributed by atoms with van der Waals surface area (Å²) in [5.74, 6) is -0.107. The maximum Gasteiger partial charge on any atom is 0.416 e. The molecule has 2 aromatic carbocycles. The number of hydrogen-bond acceptors (Lipinski definition) is 4. The zero-order chi connectivity index (χ0) is 23.4. The average Bonchev–Trinajstić information content (AvgIpc) is 2.63. The van der Waals surface area contributed by atoms with Crippen molar-refractivity contribution in [3.8, 4) is 5.75 Å². The topological polar surface area (TPSA) is 75.7 Å². The number of alkyl halides is 3. The van der Waals surface area contributed by atoms with Crippen LogP contribution in [0.25, 0.3) is 0 Å². The van der Waals surface area contributed by atoms with E-state index in [1.54, 1.807) is 24.3 Å². The first-order valence-corrected chi connectivity index (χ1v) is 11.4. The summed E-state index contributed by atoms with van der Waals surface area (Å²) in [6.07, 6.45) is -3.96. The summed E-state index contributed by atoms with van der Waals surface area (Å²) in [6.45, 7) is 3.07. The molecule has 0 saturated carbocycles. The van der Waals surface area contributed by atoms with Crippen LogP contribution in [0.15, 0.2) is 42.5 Å². The first-order chi connectivity index (χ1) is 14.3. The molecule has 0 spiro atoms. The Hall–Kier alpha value is -2.46.